The van der Waals surface area contributed by atoms with Crippen LogP contribution in [0.3, 0.4) is 0 Å². The molecule has 0 aromatic heterocycles. The largest absolute Gasteiger partial charge is 0.497 e. The fourth-order valence-electron chi connectivity index (χ4n) is 2.58. The Bertz CT molecular complexity index is 806. The zero-order chi connectivity index (χ0) is 19.3. The van der Waals surface area contributed by atoms with E-state index in [1.54, 1.807) is 31.4 Å². The topological polar surface area (TPSA) is 61.8 Å². The highest BCUT2D eigenvalue weighted by Crippen LogP contribution is 2.21. The lowest BCUT2D eigenvalue weighted by molar-refractivity contribution is -0.144. The Labute approximate surface area is 153 Å². The first-order valence-corrected chi connectivity index (χ1v) is 8.36. The predicted octanol–water partition coefficient (Wildman–Crippen LogP) is 3.73. The normalized spacial score (nSPS) is 10.3. The molecule has 2 rings (SSSR count). The Morgan fingerprint density at radius 2 is 1.46 bits per heavy atom. The first-order chi connectivity index (χ1) is 12.3. The van der Waals surface area contributed by atoms with Crippen LogP contribution in [0, 0.1) is 27.7 Å². The summed E-state index contributed by atoms with van der Waals surface area (Å²) < 4.78 is 15.4. The van der Waals surface area contributed by atoms with Crippen LogP contribution in [0.5, 0.6) is 11.5 Å². The second-order valence-corrected chi connectivity index (χ2v) is 6.16. The number of aryl methyl sites for hydroxylation is 1. The van der Waals surface area contributed by atoms with E-state index in [9.17, 15) is 9.59 Å². The van der Waals surface area contributed by atoms with E-state index < -0.39 is 5.97 Å². The fraction of sp³-hybridized carbons (Fsp3) is 0.333. The quantitative estimate of drug-likeness (QED) is 0.559. The van der Waals surface area contributed by atoms with Gasteiger partial charge in [0.25, 0.3) is 0 Å². The van der Waals surface area contributed by atoms with Crippen LogP contribution < -0.4 is 9.47 Å². The van der Waals surface area contributed by atoms with Crippen molar-refractivity contribution in [3.63, 3.8) is 0 Å². The Morgan fingerprint density at radius 3 is 2.08 bits per heavy atom. The molecule has 0 spiro atoms. The molecule has 0 bridgehead atoms. The number of carbonyl (C=O) groups is 2. The average molecular weight is 356 g/mol. The fourth-order valence-corrected chi connectivity index (χ4v) is 2.58. The van der Waals surface area contributed by atoms with Crippen molar-refractivity contribution >= 4 is 11.8 Å². The summed E-state index contributed by atoms with van der Waals surface area (Å²) in [5, 5.41) is 0. The maximum Gasteiger partial charge on any atom is 0.344 e. The number of ether oxygens (including phenoxy) is 3. The van der Waals surface area contributed by atoms with Gasteiger partial charge in [-0.15, -0.1) is 0 Å². The minimum Gasteiger partial charge on any atom is -0.497 e. The molecule has 0 heterocycles. The van der Waals surface area contributed by atoms with Crippen molar-refractivity contribution in [1.82, 2.24) is 0 Å². The van der Waals surface area contributed by atoms with Crippen molar-refractivity contribution in [1.29, 1.82) is 0 Å². The van der Waals surface area contributed by atoms with E-state index in [-0.39, 0.29) is 19.0 Å². The maximum absolute atomic E-state index is 12.4. The van der Waals surface area contributed by atoms with E-state index in [1.165, 1.54) is 5.56 Å². The summed E-state index contributed by atoms with van der Waals surface area (Å²) in [7, 11) is 1.57. The lowest BCUT2D eigenvalue weighted by Gasteiger charge is -2.13. The van der Waals surface area contributed by atoms with Crippen molar-refractivity contribution in [3.8, 4) is 11.5 Å². The molecule has 2 aromatic rings. The monoisotopic (exact) mass is 356 g/mol. The van der Waals surface area contributed by atoms with Crippen molar-refractivity contribution < 1.29 is 23.8 Å². The highest BCUT2D eigenvalue weighted by molar-refractivity contribution is 5.99. The Kier molecular flexibility index (Phi) is 6.39. The SMILES string of the molecule is COc1ccc(OCC(=O)OCC(=O)c2cc(C)c(C)c(C)c2C)cc1. The number of ketones is 1. The van der Waals surface area contributed by atoms with Crippen LogP contribution in [0.15, 0.2) is 30.3 Å². The second-order valence-electron chi connectivity index (χ2n) is 6.16. The zero-order valence-corrected chi connectivity index (χ0v) is 15.8. The number of hydrogen-bond acceptors (Lipinski definition) is 5. The van der Waals surface area contributed by atoms with Crippen molar-refractivity contribution in [2.45, 2.75) is 27.7 Å². The van der Waals surface area contributed by atoms with Gasteiger partial charge in [0.2, 0.25) is 5.78 Å². The Morgan fingerprint density at radius 1 is 0.846 bits per heavy atom. The van der Waals surface area contributed by atoms with Gasteiger partial charge in [0.1, 0.15) is 11.5 Å². The van der Waals surface area contributed by atoms with Gasteiger partial charge in [-0.1, -0.05) is 0 Å². The molecule has 0 saturated carbocycles. The van der Waals surface area contributed by atoms with Crippen LogP contribution in [0.1, 0.15) is 32.6 Å². The summed E-state index contributed by atoms with van der Waals surface area (Å²) in [5.41, 5.74) is 4.81. The molecule has 2 aromatic carbocycles. The third-order valence-electron chi connectivity index (χ3n) is 4.56. The second kappa shape index (κ2) is 8.52. The number of rotatable bonds is 7. The van der Waals surface area contributed by atoms with Gasteiger partial charge < -0.3 is 14.2 Å². The van der Waals surface area contributed by atoms with Crippen LogP contribution >= 0.6 is 0 Å². The molecule has 138 valence electrons. The van der Waals surface area contributed by atoms with E-state index in [2.05, 4.69) is 0 Å². The van der Waals surface area contributed by atoms with Crippen molar-refractivity contribution in [3.05, 3.63) is 58.1 Å². The smallest absolute Gasteiger partial charge is 0.344 e. The first kappa shape index (κ1) is 19.5. The number of benzene rings is 2. The van der Waals surface area contributed by atoms with Crippen LogP contribution in [0.2, 0.25) is 0 Å². The van der Waals surface area contributed by atoms with Gasteiger partial charge in [-0.3, -0.25) is 4.79 Å². The molecule has 0 saturated heterocycles. The summed E-state index contributed by atoms with van der Waals surface area (Å²) in [4.78, 5) is 24.2. The van der Waals surface area contributed by atoms with E-state index in [1.807, 2.05) is 33.8 Å². The molecule has 0 aliphatic carbocycles. The molecule has 0 amide bonds. The predicted molar refractivity (Wildman–Crippen MR) is 99.2 cm³/mol. The Balaban J connectivity index is 1.89. The number of methoxy groups -OCH3 is 1. The molecule has 0 aliphatic heterocycles. The molecule has 0 fully saturated rings. The molecule has 0 unspecified atom stereocenters. The summed E-state index contributed by atoms with van der Waals surface area (Å²) in [6, 6.07) is 8.70. The van der Waals surface area contributed by atoms with Crippen LogP contribution in [-0.4, -0.2) is 32.1 Å². The summed E-state index contributed by atoms with van der Waals surface area (Å²) in [5.74, 6) is 0.415. The van der Waals surface area contributed by atoms with E-state index in [0.29, 0.717) is 17.1 Å². The van der Waals surface area contributed by atoms with Gasteiger partial charge in [0, 0.05) is 5.56 Å². The molecule has 5 nitrogen and oxygen atoms in total. The molecule has 0 N–H and O–H groups in total. The van der Waals surface area contributed by atoms with E-state index in [0.717, 1.165) is 16.7 Å². The molecule has 0 atom stereocenters. The van der Waals surface area contributed by atoms with E-state index in [4.69, 9.17) is 14.2 Å². The minimum atomic E-state index is -0.590. The van der Waals surface area contributed by atoms with Crippen molar-refractivity contribution in [2.24, 2.45) is 0 Å². The number of carbonyl (C=O) groups excluding carboxylic acids is 2. The van der Waals surface area contributed by atoms with E-state index >= 15 is 0 Å². The van der Waals surface area contributed by atoms with Gasteiger partial charge in [0.15, 0.2) is 13.2 Å². The van der Waals surface area contributed by atoms with Crippen LogP contribution in [0.25, 0.3) is 0 Å². The maximum atomic E-state index is 12.4. The molecule has 0 aliphatic rings. The Hall–Kier alpha value is -2.82. The van der Waals surface area contributed by atoms with Gasteiger partial charge in [-0.2, -0.15) is 0 Å². The van der Waals surface area contributed by atoms with Gasteiger partial charge in [-0.05, 0) is 80.3 Å². The third kappa shape index (κ3) is 4.63. The van der Waals surface area contributed by atoms with Crippen molar-refractivity contribution in [2.75, 3.05) is 20.3 Å². The minimum absolute atomic E-state index is 0.216. The molecule has 26 heavy (non-hydrogen) atoms. The molecular weight excluding hydrogens is 332 g/mol. The molecular formula is C21H24O5. The number of hydrogen-bond donors (Lipinski definition) is 0. The van der Waals surface area contributed by atoms with Crippen LogP contribution in [-0.2, 0) is 9.53 Å². The van der Waals surface area contributed by atoms with Crippen LogP contribution in [0.4, 0.5) is 0 Å². The lowest BCUT2D eigenvalue weighted by Crippen LogP contribution is -2.20. The highest BCUT2D eigenvalue weighted by Gasteiger charge is 2.16. The lowest BCUT2D eigenvalue weighted by atomic mass is 9.93. The van der Waals surface area contributed by atoms with Gasteiger partial charge in [-0.25, -0.2) is 4.79 Å². The molecule has 0 radical (unpaired) electrons. The summed E-state index contributed by atoms with van der Waals surface area (Å²) in [6.07, 6.45) is 0. The number of Topliss-reactive ketones (excluding diaryl/α,β-unsaturated/α-hetero) is 1. The average Bonchev–Trinajstić information content (AvgIpc) is 2.65. The number of esters is 1. The zero-order valence-electron chi connectivity index (χ0n) is 15.8. The summed E-state index contributed by atoms with van der Waals surface area (Å²) in [6.45, 7) is 7.33. The first-order valence-electron chi connectivity index (χ1n) is 8.36. The standard InChI is InChI=1S/C21H24O5/c1-13-10-19(16(4)15(3)14(13)2)20(22)11-26-21(23)12-25-18-8-6-17(24-5)7-9-18/h6-10H,11-12H2,1-5H3. The third-order valence-corrected chi connectivity index (χ3v) is 4.56. The highest BCUT2D eigenvalue weighted by atomic mass is 16.6. The van der Waals surface area contributed by atoms with Gasteiger partial charge in [0.05, 0.1) is 7.11 Å². The summed E-state index contributed by atoms with van der Waals surface area (Å²) >= 11 is 0. The van der Waals surface area contributed by atoms with Gasteiger partial charge >= 0.3 is 5.97 Å². The molecule has 5 heteroatoms.